The van der Waals surface area contributed by atoms with Gasteiger partial charge in [0.25, 0.3) is 0 Å². The lowest BCUT2D eigenvalue weighted by atomic mass is 10.2. The van der Waals surface area contributed by atoms with E-state index in [-0.39, 0.29) is 6.10 Å². The van der Waals surface area contributed by atoms with Crippen LogP contribution in [0.2, 0.25) is 0 Å². The summed E-state index contributed by atoms with van der Waals surface area (Å²) in [5, 5.41) is 11.8. The number of nitrogens with zero attached hydrogens (tertiary/aromatic N) is 4. The molecule has 0 radical (unpaired) electrons. The third kappa shape index (κ3) is 3.97. The normalized spacial score (nSPS) is 22.4. The van der Waals surface area contributed by atoms with Crippen LogP contribution in [0.1, 0.15) is 43.8 Å². The van der Waals surface area contributed by atoms with E-state index < -0.39 is 0 Å². The Balaban J connectivity index is 1.44. The maximum atomic E-state index is 5.89. The highest BCUT2D eigenvalue weighted by molar-refractivity contribution is 5.77. The van der Waals surface area contributed by atoms with Crippen LogP contribution in [0, 0.1) is 0 Å². The van der Waals surface area contributed by atoms with Gasteiger partial charge in [-0.15, -0.1) is 10.2 Å². The van der Waals surface area contributed by atoms with Crippen LogP contribution in [-0.4, -0.2) is 46.5 Å². The van der Waals surface area contributed by atoms with Crippen LogP contribution >= 0.6 is 0 Å². The number of aliphatic imine (C=N–C) groups is 1. The summed E-state index contributed by atoms with van der Waals surface area (Å²) in [5.41, 5.74) is 5.89. The minimum Gasteiger partial charge on any atom is -0.376 e. The first-order chi connectivity index (χ1) is 10.8. The molecule has 1 aromatic heterocycles. The van der Waals surface area contributed by atoms with Gasteiger partial charge in [0.1, 0.15) is 11.6 Å². The summed E-state index contributed by atoms with van der Waals surface area (Å²) in [6, 6.07) is 0. The van der Waals surface area contributed by atoms with E-state index in [0.717, 1.165) is 57.0 Å². The second-order valence-corrected chi connectivity index (χ2v) is 6.03. The lowest BCUT2D eigenvalue weighted by Crippen LogP contribution is -2.34. The maximum absolute atomic E-state index is 5.89. The lowest BCUT2D eigenvalue weighted by molar-refractivity contribution is 0.118. The monoisotopic (exact) mass is 306 g/mol. The third-order valence-electron chi connectivity index (χ3n) is 4.33. The molecule has 0 amide bonds. The van der Waals surface area contributed by atoms with Crippen LogP contribution in [0.3, 0.4) is 0 Å². The van der Waals surface area contributed by atoms with Crippen molar-refractivity contribution in [2.24, 2.45) is 10.7 Å². The number of aryl methyl sites for hydroxylation is 1. The first kappa shape index (κ1) is 15.3. The molecule has 3 N–H and O–H groups in total. The van der Waals surface area contributed by atoms with Gasteiger partial charge >= 0.3 is 0 Å². The van der Waals surface area contributed by atoms with Crippen molar-refractivity contribution in [3.05, 3.63) is 11.6 Å². The summed E-state index contributed by atoms with van der Waals surface area (Å²) in [4.78, 5) is 4.34. The Morgan fingerprint density at radius 2 is 2.27 bits per heavy atom. The Bertz CT molecular complexity index is 506. The molecule has 0 aliphatic carbocycles. The van der Waals surface area contributed by atoms with Crippen LogP contribution in [0.25, 0.3) is 0 Å². The molecule has 2 aliphatic heterocycles. The van der Waals surface area contributed by atoms with E-state index in [4.69, 9.17) is 10.5 Å². The fourth-order valence-corrected chi connectivity index (χ4v) is 3.08. The molecule has 1 fully saturated rings. The average molecular weight is 306 g/mol. The number of guanidine groups is 1. The van der Waals surface area contributed by atoms with Crippen LogP contribution in [0.15, 0.2) is 4.99 Å². The summed E-state index contributed by atoms with van der Waals surface area (Å²) in [7, 11) is 0. The van der Waals surface area contributed by atoms with Crippen molar-refractivity contribution in [2.45, 2.75) is 57.6 Å². The van der Waals surface area contributed by atoms with Gasteiger partial charge in [0.15, 0.2) is 5.96 Å². The second-order valence-electron chi connectivity index (χ2n) is 6.03. The molecule has 1 atom stereocenters. The van der Waals surface area contributed by atoms with E-state index in [0.29, 0.717) is 12.5 Å². The van der Waals surface area contributed by atoms with E-state index in [1.54, 1.807) is 0 Å². The largest absolute Gasteiger partial charge is 0.376 e. The molecule has 0 saturated carbocycles. The Hall–Kier alpha value is -1.63. The first-order valence-electron chi connectivity index (χ1n) is 8.39. The number of aromatic nitrogens is 3. The molecule has 0 bridgehead atoms. The lowest BCUT2D eigenvalue weighted by Gasteiger charge is -2.09. The number of nitrogens with one attached hydrogen (secondary N) is 1. The maximum Gasteiger partial charge on any atom is 0.188 e. The van der Waals surface area contributed by atoms with Crippen LogP contribution in [0.5, 0.6) is 0 Å². The van der Waals surface area contributed by atoms with Gasteiger partial charge in [-0.1, -0.05) is 6.42 Å². The Morgan fingerprint density at radius 1 is 1.32 bits per heavy atom. The highest BCUT2D eigenvalue weighted by Gasteiger charge is 2.15. The highest BCUT2D eigenvalue weighted by Crippen LogP contribution is 2.14. The number of fused-ring (bicyclic) bond motifs is 1. The zero-order chi connectivity index (χ0) is 15.2. The van der Waals surface area contributed by atoms with E-state index in [1.807, 2.05) is 0 Å². The van der Waals surface area contributed by atoms with Crippen LogP contribution < -0.4 is 11.1 Å². The molecule has 7 nitrogen and oxygen atoms in total. The minimum absolute atomic E-state index is 0.243. The predicted molar refractivity (Wildman–Crippen MR) is 84.7 cm³/mol. The summed E-state index contributed by atoms with van der Waals surface area (Å²) in [6.45, 7) is 3.28. The topological polar surface area (TPSA) is 90.3 Å². The molecular formula is C15H26N6O. The number of ether oxygens (including phenoxy) is 1. The molecule has 122 valence electrons. The predicted octanol–water partition coefficient (Wildman–Crippen LogP) is 0.630. The molecule has 0 unspecified atom stereocenters. The molecule has 0 aromatic carbocycles. The van der Waals surface area contributed by atoms with Crippen molar-refractivity contribution >= 4 is 5.96 Å². The van der Waals surface area contributed by atoms with Crippen molar-refractivity contribution in [1.82, 2.24) is 20.1 Å². The van der Waals surface area contributed by atoms with Crippen molar-refractivity contribution in [2.75, 3.05) is 19.7 Å². The van der Waals surface area contributed by atoms with Crippen LogP contribution in [0.4, 0.5) is 0 Å². The molecule has 1 aromatic rings. The highest BCUT2D eigenvalue weighted by atomic mass is 16.5. The molecule has 22 heavy (non-hydrogen) atoms. The summed E-state index contributed by atoms with van der Waals surface area (Å²) in [5.74, 6) is 2.68. The van der Waals surface area contributed by atoms with Crippen LogP contribution in [-0.2, 0) is 24.1 Å². The Kier molecular flexibility index (Phi) is 5.26. The molecule has 1 saturated heterocycles. The van der Waals surface area contributed by atoms with Crippen molar-refractivity contribution in [3.63, 3.8) is 0 Å². The second kappa shape index (κ2) is 7.58. The van der Waals surface area contributed by atoms with Gasteiger partial charge in [0, 0.05) is 32.5 Å². The minimum atomic E-state index is 0.243. The molecule has 2 aliphatic rings. The fraction of sp³-hybridized carbons (Fsp3) is 0.800. The Morgan fingerprint density at radius 3 is 3.14 bits per heavy atom. The molecule has 3 heterocycles. The fourth-order valence-electron chi connectivity index (χ4n) is 3.08. The van der Waals surface area contributed by atoms with Gasteiger partial charge in [-0.05, 0) is 25.7 Å². The summed E-state index contributed by atoms with van der Waals surface area (Å²) < 4.78 is 7.80. The van der Waals surface area contributed by atoms with E-state index in [9.17, 15) is 0 Å². The molecular weight excluding hydrogens is 280 g/mol. The van der Waals surface area contributed by atoms with Crippen molar-refractivity contribution in [1.29, 1.82) is 0 Å². The Labute approximate surface area is 131 Å². The van der Waals surface area contributed by atoms with Crippen molar-refractivity contribution < 1.29 is 4.74 Å². The molecule has 7 heteroatoms. The van der Waals surface area contributed by atoms with Gasteiger partial charge in [-0.25, -0.2) is 0 Å². The zero-order valence-corrected chi connectivity index (χ0v) is 13.1. The summed E-state index contributed by atoms with van der Waals surface area (Å²) in [6.07, 6.45) is 8.05. The van der Waals surface area contributed by atoms with Gasteiger partial charge in [-0.2, -0.15) is 0 Å². The van der Waals surface area contributed by atoms with Crippen molar-refractivity contribution in [3.8, 4) is 0 Å². The SMILES string of the molecule is NC(=NC[C@H]1CCCO1)NCCc1nnc2n1CCCCC2. The van der Waals surface area contributed by atoms with E-state index in [2.05, 4.69) is 25.1 Å². The van der Waals surface area contributed by atoms with E-state index >= 15 is 0 Å². The third-order valence-corrected chi connectivity index (χ3v) is 4.33. The zero-order valence-electron chi connectivity index (χ0n) is 13.1. The smallest absolute Gasteiger partial charge is 0.188 e. The van der Waals surface area contributed by atoms with Gasteiger partial charge in [0.05, 0.1) is 12.6 Å². The van der Waals surface area contributed by atoms with Gasteiger partial charge < -0.3 is 20.4 Å². The number of rotatable bonds is 5. The summed E-state index contributed by atoms with van der Waals surface area (Å²) >= 11 is 0. The first-order valence-corrected chi connectivity index (χ1v) is 8.39. The quantitative estimate of drug-likeness (QED) is 0.615. The molecule has 0 spiro atoms. The van der Waals surface area contributed by atoms with E-state index in [1.165, 1.54) is 19.3 Å². The van der Waals surface area contributed by atoms with Gasteiger partial charge in [-0.3, -0.25) is 4.99 Å². The standard InChI is InChI=1S/C15H26N6O/c16-15(18-11-12-5-4-10-22-12)17-8-7-14-20-19-13-6-2-1-3-9-21(13)14/h12H,1-11H2,(H3,16,17,18)/t12-/m1/s1. The molecule has 3 rings (SSSR count). The number of hydrogen-bond donors (Lipinski definition) is 2. The number of hydrogen-bond acceptors (Lipinski definition) is 4. The number of nitrogens with two attached hydrogens (primary N) is 1. The average Bonchev–Trinajstić information content (AvgIpc) is 3.11. The van der Waals surface area contributed by atoms with Gasteiger partial charge in [0.2, 0.25) is 0 Å².